The van der Waals surface area contributed by atoms with E-state index in [9.17, 15) is 19.7 Å². The van der Waals surface area contributed by atoms with Crippen molar-refractivity contribution in [3.05, 3.63) is 52.6 Å². The predicted octanol–water partition coefficient (Wildman–Crippen LogP) is 3.38. The highest BCUT2D eigenvalue weighted by Gasteiger charge is 2.68. The molecule has 0 unspecified atom stereocenters. The van der Waals surface area contributed by atoms with Crippen LogP contribution in [0.1, 0.15) is 66.7 Å². The third-order valence-corrected chi connectivity index (χ3v) is 10.2. The largest absolute Gasteiger partial charge is 0.484 e. The first-order valence-electron chi connectivity index (χ1n) is 16.5. The minimum atomic E-state index is -0.928. The van der Waals surface area contributed by atoms with E-state index >= 15 is 0 Å². The number of carbonyl (C=O) groups is 2. The van der Waals surface area contributed by atoms with Crippen molar-refractivity contribution in [3.8, 4) is 5.75 Å². The molecule has 2 amide bonds. The second-order valence-electron chi connectivity index (χ2n) is 14.3. The Balaban J connectivity index is 1.25. The van der Waals surface area contributed by atoms with Gasteiger partial charge in [0.1, 0.15) is 11.8 Å². The van der Waals surface area contributed by atoms with Crippen LogP contribution in [0.3, 0.4) is 0 Å². The summed E-state index contributed by atoms with van der Waals surface area (Å²) >= 11 is 0. The lowest BCUT2D eigenvalue weighted by atomic mass is 9.43. The molecular formula is C33H47BN6O7. The molecule has 4 aliphatic rings. The molecule has 3 saturated carbocycles. The van der Waals surface area contributed by atoms with E-state index < -0.39 is 35.6 Å². The van der Waals surface area contributed by atoms with Crippen molar-refractivity contribution in [3.63, 3.8) is 0 Å². The Morgan fingerprint density at radius 1 is 1.15 bits per heavy atom. The summed E-state index contributed by atoms with van der Waals surface area (Å²) in [6, 6.07) is 12.5. The van der Waals surface area contributed by atoms with Crippen LogP contribution in [0.15, 0.2) is 47.5 Å². The molecule has 4 fully saturated rings. The van der Waals surface area contributed by atoms with Gasteiger partial charge in [-0.2, -0.15) is 0 Å². The summed E-state index contributed by atoms with van der Waals surface area (Å²) < 4.78 is 19.0. The molecule has 5 N–H and O–H groups in total. The summed E-state index contributed by atoms with van der Waals surface area (Å²) in [7, 11) is -0.614. The highest BCUT2D eigenvalue weighted by Crippen LogP contribution is 2.65. The van der Waals surface area contributed by atoms with Gasteiger partial charge in [-0.15, -0.1) is 0 Å². The molecule has 6 atom stereocenters. The number of nitro groups is 1. The van der Waals surface area contributed by atoms with Crippen molar-refractivity contribution in [2.24, 2.45) is 33.9 Å². The van der Waals surface area contributed by atoms with Crippen molar-refractivity contribution < 1.29 is 28.7 Å². The number of rotatable bonds is 14. The Morgan fingerprint density at radius 2 is 1.89 bits per heavy atom. The Kier molecular flexibility index (Phi) is 10.3. The first kappa shape index (κ1) is 34.4. The SMILES string of the molecule is CC(C)C[C@H](NC(=O)[C@H](CCCN=C(N)N[N+](=O)[O-])NC(=O)COc1ccc2ccccc2c1)B1O[C@@H]2C[C@H]3C[C@H](C3(C)C)[C@]2(C)O1. The summed E-state index contributed by atoms with van der Waals surface area (Å²) in [5.41, 5.74) is 7.10. The van der Waals surface area contributed by atoms with Gasteiger partial charge >= 0.3 is 7.12 Å². The van der Waals surface area contributed by atoms with Crippen LogP contribution in [0.2, 0.25) is 0 Å². The van der Waals surface area contributed by atoms with Gasteiger partial charge in [-0.1, -0.05) is 63.5 Å². The van der Waals surface area contributed by atoms with Crippen LogP contribution < -0.4 is 26.5 Å². The summed E-state index contributed by atoms with van der Waals surface area (Å²) in [6.07, 6.45) is 3.18. The standard InChI is InChI=1S/C33H47BN6O7/c1-20(2)15-28(34-46-27-18-23-17-26(32(23,3)4)33(27,5)47-34)38-30(42)25(11-8-14-36-31(35)39-40(43)44)37-29(41)19-45-24-13-12-21-9-6-7-10-22(21)16-24/h6-7,9-10,12-13,16,20,23,25-28H,8,11,14-15,17-19H2,1-5H3,(H,37,41)(H,38,42)(H3,35,36,39)/t23-,25+,26-,27-,28+,33+/m1/s1. The van der Waals surface area contributed by atoms with Gasteiger partial charge in [0, 0.05) is 6.54 Å². The molecule has 2 bridgehead atoms. The fraction of sp³-hybridized carbons (Fsp3) is 0.606. The molecule has 254 valence electrons. The molecule has 3 aliphatic carbocycles. The number of hydrogen-bond acceptors (Lipinski definition) is 8. The van der Waals surface area contributed by atoms with Crippen LogP contribution in [-0.2, 0) is 18.9 Å². The maximum Gasteiger partial charge on any atom is 0.481 e. The van der Waals surface area contributed by atoms with Crippen LogP contribution in [0.4, 0.5) is 0 Å². The van der Waals surface area contributed by atoms with E-state index in [1.165, 1.54) is 0 Å². The zero-order valence-electron chi connectivity index (χ0n) is 27.9. The number of nitrogens with zero attached hydrogens (tertiary/aromatic N) is 2. The maximum absolute atomic E-state index is 13.9. The molecule has 1 saturated heterocycles. The molecule has 6 rings (SSSR count). The van der Waals surface area contributed by atoms with Crippen molar-refractivity contribution in [1.82, 2.24) is 16.1 Å². The van der Waals surface area contributed by atoms with Gasteiger partial charge in [0.2, 0.25) is 5.91 Å². The smallest absolute Gasteiger partial charge is 0.481 e. The Morgan fingerprint density at radius 3 is 2.60 bits per heavy atom. The van der Waals surface area contributed by atoms with Crippen LogP contribution in [0, 0.1) is 33.3 Å². The van der Waals surface area contributed by atoms with Gasteiger partial charge in [0.15, 0.2) is 11.6 Å². The molecule has 47 heavy (non-hydrogen) atoms. The fourth-order valence-electron chi connectivity index (χ4n) is 7.64. The van der Waals surface area contributed by atoms with Gasteiger partial charge in [-0.25, -0.2) is 15.1 Å². The molecule has 0 radical (unpaired) electrons. The highest BCUT2D eigenvalue weighted by molar-refractivity contribution is 6.48. The van der Waals surface area contributed by atoms with Gasteiger partial charge in [0.05, 0.1) is 17.6 Å². The van der Waals surface area contributed by atoms with Gasteiger partial charge in [0.25, 0.3) is 11.9 Å². The number of hydrogen-bond donors (Lipinski definition) is 4. The number of ether oxygens (including phenoxy) is 1. The minimum Gasteiger partial charge on any atom is -0.484 e. The molecule has 2 aromatic carbocycles. The highest BCUT2D eigenvalue weighted by atomic mass is 16.7. The Hall–Kier alpha value is -3.91. The van der Waals surface area contributed by atoms with E-state index in [1.807, 2.05) is 36.4 Å². The number of carbonyl (C=O) groups excluding carboxylic acids is 2. The summed E-state index contributed by atoms with van der Waals surface area (Å²) in [5.74, 6) is 0.127. The third kappa shape index (κ3) is 7.81. The fourth-order valence-corrected chi connectivity index (χ4v) is 7.64. The van der Waals surface area contributed by atoms with Gasteiger partial charge in [-0.05, 0) is 85.1 Å². The number of nitrogens with one attached hydrogen (secondary N) is 3. The lowest BCUT2D eigenvalue weighted by Crippen LogP contribution is -2.65. The number of amides is 2. The lowest BCUT2D eigenvalue weighted by Gasteiger charge is -2.64. The van der Waals surface area contributed by atoms with Crippen LogP contribution in [-0.4, -0.2) is 66.8 Å². The average molecular weight is 651 g/mol. The van der Waals surface area contributed by atoms with Crippen molar-refractivity contribution >= 4 is 35.7 Å². The Labute approximate surface area is 276 Å². The summed E-state index contributed by atoms with van der Waals surface area (Å²) in [6.45, 7) is 10.7. The lowest BCUT2D eigenvalue weighted by molar-refractivity contribution is -0.525. The molecule has 1 aliphatic heterocycles. The zero-order chi connectivity index (χ0) is 33.9. The molecule has 0 spiro atoms. The second kappa shape index (κ2) is 14.1. The molecular weight excluding hydrogens is 603 g/mol. The zero-order valence-corrected chi connectivity index (χ0v) is 27.9. The summed E-state index contributed by atoms with van der Waals surface area (Å²) in [5, 5.41) is 17.8. The van der Waals surface area contributed by atoms with Crippen LogP contribution >= 0.6 is 0 Å². The Bertz CT molecular complexity index is 1500. The number of nitrogens with two attached hydrogens (primary N) is 1. The molecule has 0 aromatic heterocycles. The first-order valence-corrected chi connectivity index (χ1v) is 16.5. The number of hydrazine groups is 1. The topological polar surface area (TPSA) is 179 Å². The van der Waals surface area contributed by atoms with E-state index in [1.54, 1.807) is 11.5 Å². The van der Waals surface area contributed by atoms with Crippen molar-refractivity contribution in [1.29, 1.82) is 0 Å². The van der Waals surface area contributed by atoms with E-state index in [4.69, 9.17) is 19.8 Å². The van der Waals surface area contributed by atoms with E-state index in [-0.39, 0.29) is 48.9 Å². The van der Waals surface area contributed by atoms with E-state index in [0.717, 1.165) is 23.6 Å². The normalized spacial score (nSPS) is 25.8. The monoisotopic (exact) mass is 650 g/mol. The van der Waals surface area contributed by atoms with Crippen LogP contribution in [0.25, 0.3) is 10.8 Å². The maximum atomic E-state index is 13.9. The van der Waals surface area contributed by atoms with Gasteiger partial charge in [-0.3, -0.25) is 9.59 Å². The second-order valence-corrected chi connectivity index (χ2v) is 14.3. The molecule has 2 aromatic rings. The van der Waals surface area contributed by atoms with Crippen molar-refractivity contribution in [2.45, 2.75) is 90.4 Å². The quantitative estimate of drug-likeness (QED) is 0.0596. The third-order valence-electron chi connectivity index (χ3n) is 10.2. The van der Waals surface area contributed by atoms with Gasteiger partial charge < -0.3 is 30.4 Å². The first-order chi connectivity index (χ1) is 22.3. The van der Waals surface area contributed by atoms with Crippen molar-refractivity contribution in [2.75, 3.05) is 13.2 Å². The molecule has 13 nitrogen and oxygen atoms in total. The van der Waals surface area contributed by atoms with Crippen LogP contribution in [0.5, 0.6) is 5.75 Å². The predicted molar refractivity (Wildman–Crippen MR) is 179 cm³/mol. The number of benzene rings is 2. The summed E-state index contributed by atoms with van der Waals surface area (Å²) in [4.78, 5) is 41.5. The number of fused-ring (bicyclic) bond motifs is 1. The molecule has 14 heteroatoms. The number of aliphatic imine (C=N–C) groups is 1. The van der Waals surface area contributed by atoms with E-state index in [0.29, 0.717) is 30.4 Å². The minimum absolute atomic E-state index is 0.0327. The van der Waals surface area contributed by atoms with E-state index in [2.05, 4.69) is 50.2 Å². The number of guanidine groups is 1. The average Bonchev–Trinajstić information content (AvgIpc) is 3.37. The molecule has 1 heterocycles.